The fourth-order valence-electron chi connectivity index (χ4n) is 6.17. The van der Waals surface area contributed by atoms with Gasteiger partial charge in [-0.05, 0) is 6.92 Å². The van der Waals surface area contributed by atoms with Crippen molar-refractivity contribution in [1.29, 1.82) is 0 Å². The van der Waals surface area contributed by atoms with Crippen molar-refractivity contribution in [2.75, 3.05) is 32.2 Å². The highest BCUT2D eigenvalue weighted by molar-refractivity contribution is 7.53. The van der Waals surface area contributed by atoms with E-state index in [-0.39, 0.29) is 29.4 Å². The number of phosphoric acid groups is 1. The monoisotopic (exact) mass is 683 g/mol. The zero-order chi connectivity index (χ0) is 32.2. The minimum Gasteiger partial charge on any atom is -0.387 e. The Hall–Kier alpha value is -3.20. The lowest BCUT2D eigenvalue weighted by molar-refractivity contribution is -0.184. The van der Waals surface area contributed by atoms with Crippen molar-refractivity contribution in [2.45, 2.75) is 55.5 Å². The lowest BCUT2D eigenvalue weighted by Gasteiger charge is -2.32. The number of fused-ring (bicyclic) bond motifs is 4. The van der Waals surface area contributed by atoms with E-state index in [4.69, 9.17) is 38.0 Å². The van der Waals surface area contributed by atoms with Gasteiger partial charge in [0, 0.05) is 6.66 Å². The number of nitrogens with zero attached hydrogens (tertiary/aromatic N) is 7. The van der Waals surface area contributed by atoms with Gasteiger partial charge >= 0.3 is 15.4 Å². The van der Waals surface area contributed by atoms with Gasteiger partial charge in [0.1, 0.15) is 53.8 Å². The van der Waals surface area contributed by atoms with Crippen LogP contribution in [0.4, 0.5) is 5.82 Å². The van der Waals surface area contributed by atoms with Gasteiger partial charge in [0.05, 0.1) is 32.5 Å². The second kappa shape index (κ2) is 10.4. The number of aromatic amines is 1. The quantitative estimate of drug-likeness (QED) is 0.194. The zero-order valence-electron chi connectivity index (χ0n) is 24.0. The summed E-state index contributed by atoms with van der Waals surface area (Å²) in [5, 5.41) is 11.2. The fraction of sp³-hybridized carbons (Fsp3) is 0.565. The number of phosphoric ester groups is 1. The average Bonchev–Trinajstić information content (AvgIpc) is 3.80. The van der Waals surface area contributed by atoms with Crippen LogP contribution < -0.4 is 11.3 Å². The number of hydrogen-bond donors (Lipinski definition) is 4. The minimum absolute atomic E-state index is 0.0416. The van der Waals surface area contributed by atoms with E-state index in [9.17, 15) is 23.9 Å². The molecule has 21 nitrogen and oxygen atoms in total. The van der Waals surface area contributed by atoms with Gasteiger partial charge in [-0.1, -0.05) is 0 Å². The van der Waals surface area contributed by atoms with Crippen LogP contribution in [0.2, 0.25) is 0 Å². The van der Waals surface area contributed by atoms with Crippen LogP contribution in [0.1, 0.15) is 18.3 Å². The van der Waals surface area contributed by atoms with Gasteiger partial charge in [-0.2, -0.15) is 0 Å². The summed E-state index contributed by atoms with van der Waals surface area (Å²) in [5.74, 6) is 0.398. The Morgan fingerprint density at radius 3 is 2.59 bits per heavy atom. The van der Waals surface area contributed by atoms with Crippen molar-refractivity contribution in [3.63, 3.8) is 0 Å². The third-order valence-corrected chi connectivity index (χ3v) is 10.5. The number of rotatable bonds is 2. The van der Waals surface area contributed by atoms with Crippen molar-refractivity contribution in [3.05, 3.63) is 35.2 Å². The highest BCUT2D eigenvalue weighted by atomic mass is 31.2. The van der Waals surface area contributed by atoms with E-state index in [0.717, 1.165) is 0 Å². The van der Waals surface area contributed by atoms with E-state index in [1.807, 2.05) is 0 Å². The maximum atomic E-state index is 13.7. The molecule has 4 saturated heterocycles. The maximum Gasteiger partial charge on any atom is 0.472 e. The lowest BCUT2D eigenvalue weighted by Crippen LogP contribution is -2.45. The molecule has 23 heteroatoms. The molecule has 10 atom stereocenters. The molecule has 9 unspecified atom stereocenters. The van der Waals surface area contributed by atoms with Crippen molar-refractivity contribution >= 4 is 43.6 Å². The number of aliphatic hydroxyl groups excluding tert-OH is 1. The predicted molar refractivity (Wildman–Crippen MR) is 150 cm³/mol. The Morgan fingerprint density at radius 1 is 1.02 bits per heavy atom. The van der Waals surface area contributed by atoms with Gasteiger partial charge in [0.15, 0.2) is 35.1 Å². The summed E-state index contributed by atoms with van der Waals surface area (Å²) in [7, 11) is -8.99. The Balaban J connectivity index is 1.14. The summed E-state index contributed by atoms with van der Waals surface area (Å²) >= 11 is 0. The molecule has 4 fully saturated rings. The molecular formula is C23H27N9O12P2. The van der Waals surface area contributed by atoms with Gasteiger partial charge in [-0.15, -0.1) is 0 Å². The summed E-state index contributed by atoms with van der Waals surface area (Å²) in [6, 6.07) is 0. The van der Waals surface area contributed by atoms with Crippen molar-refractivity contribution in [1.82, 2.24) is 39.0 Å². The second-order valence-corrected chi connectivity index (χ2v) is 14.8. The first-order valence-corrected chi connectivity index (χ1v) is 17.4. The summed E-state index contributed by atoms with van der Waals surface area (Å²) in [5.41, 5.74) is 4.48. The van der Waals surface area contributed by atoms with Gasteiger partial charge in [-0.3, -0.25) is 32.1 Å². The van der Waals surface area contributed by atoms with Crippen LogP contribution >= 0.6 is 15.4 Å². The molecule has 8 heterocycles. The normalized spacial score (nSPS) is 39.7. The van der Waals surface area contributed by atoms with Crippen molar-refractivity contribution in [3.8, 4) is 0 Å². The number of H-pyrrole nitrogens is 1. The van der Waals surface area contributed by atoms with E-state index in [1.165, 1.54) is 34.8 Å². The number of nitrogen functional groups attached to an aromatic ring is 1. The Kier molecular flexibility index (Phi) is 6.82. The summed E-state index contributed by atoms with van der Waals surface area (Å²) < 4.78 is 71.0. The topological polar surface area (TPSA) is 272 Å². The second-order valence-electron chi connectivity index (χ2n) is 11.4. The van der Waals surface area contributed by atoms with Crippen LogP contribution in [0.15, 0.2) is 23.8 Å². The zero-order valence-corrected chi connectivity index (χ0v) is 25.8. The van der Waals surface area contributed by atoms with Crippen LogP contribution in [0.3, 0.4) is 0 Å². The maximum absolute atomic E-state index is 13.7. The number of ether oxygens (including phenoxy) is 3. The van der Waals surface area contributed by atoms with Gasteiger partial charge in [0.2, 0.25) is 0 Å². The van der Waals surface area contributed by atoms with Crippen molar-refractivity contribution < 1.29 is 51.4 Å². The lowest BCUT2D eigenvalue weighted by atomic mass is 10.0. The Labute approximate surface area is 257 Å². The van der Waals surface area contributed by atoms with E-state index in [2.05, 4.69) is 29.9 Å². The highest BCUT2D eigenvalue weighted by Crippen LogP contribution is 2.58. The third kappa shape index (κ3) is 4.74. The van der Waals surface area contributed by atoms with E-state index >= 15 is 0 Å². The van der Waals surface area contributed by atoms with Crippen LogP contribution in [0.5, 0.6) is 0 Å². The van der Waals surface area contributed by atoms with E-state index in [0.29, 0.717) is 11.2 Å². The fourth-order valence-corrected chi connectivity index (χ4v) is 8.35. The van der Waals surface area contributed by atoms with Crippen LogP contribution in [0.25, 0.3) is 22.3 Å². The SMILES string of the molecule is Cc1nc2c(ncn2C2OC3CO[P@@](C)(=O)OC4C5OCC4(COP(=O)(O)OC2C3O)OC5n2cnc3c(N)ncnc32)c(=O)[nH]1. The number of hydrogen-bond acceptors (Lipinski definition) is 17. The highest BCUT2D eigenvalue weighted by Gasteiger charge is 2.65. The molecule has 8 rings (SSSR count). The first-order valence-electron chi connectivity index (χ1n) is 13.9. The molecule has 5 N–H and O–H groups in total. The molecule has 0 saturated carbocycles. The van der Waals surface area contributed by atoms with Crippen LogP contribution in [-0.2, 0) is 41.4 Å². The van der Waals surface area contributed by atoms with Crippen LogP contribution in [0, 0.1) is 6.92 Å². The molecule has 0 amide bonds. The number of nitrogens with two attached hydrogens (primary N) is 1. The standard InChI is InChI=1S/C23H27N9O12P2/c1-9-29-19-12(20(34)30-9)28-8-32(19)21-14-13(33)10(41-21)3-39-45(2,35)44-16-15-22(31-7-27-11-17(24)25-6-26-18(11)31)42-23(16,4-38-15)5-40-46(36,37)43-14/h6-8,10,13-16,21-22,33H,3-5H2,1-2H3,(H,36,37)(H2,24,25,26)(H,29,30,34)/t10?,13?,14?,15?,16?,21?,22?,23?,45-/m1/s1. The average molecular weight is 683 g/mol. The van der Waals surface area contributed by atoms with Gasteiger partial charge in [0.25, 0.3) is 5.56 Å². The predicted octanol–water partition coefficient (Wildman–Crippen LogP) is -0.485. The summed E-state index contributed by atoms with van der Waals surface area (Å²) in [6.45, 7) is 1.48. The first-order chi connectivity index (χ1) is 21.8. The number of nitrogens with one attached hydrogen (secondary N) is 1. The molecule has 0 aromatic carbocycles. The molecule has 0 spiro atoms. The molecule has 4 aliphatic heterocycles. The number of anilines is 1. The van der Waals surface area contributed by atoms with Crippen LogP contribution in [-0.4, -0.2) is 112 Å². The van der Waals surface area contributed by atoms with Gasteiger partial charge in [-0.25, -0.2) is 29.5 Å². The largest absolute Gasteiger partial charge is 0.472 e. The molecule has 4 aliphatic rings. The van der Waals surface area contributed by atoms with Gasteiger partial charge < -0.3 is 39.5 Å². The molecular weight excluding hydrogens is 656 g/mol. The molecule has 4 aromatic rings. The smallest absolute Gasteiger partial charge is 0.387 e. The summed E-state index contributed by atoms with van der Waals surface area (Å²) in [6.07, 6.45) is -4.89. The number of imidazole rings is 2. The van der Waals surface area contributed by atoms with Crippen molar-refractivity contribution in [2.24, 2.45) is 0 Å². The van der Waals surface area contributed by atoms with E-state index < -0.39 is 82.8 Å². The number of aromatic nitrogens is 8. The Bertz CT molecular complexity index is 2020. The number of aryl methyl sites for hydroxylation is 1. The molecule has 0 aliphatic carbocycles. The molecule has 4 aromatic heterocycles. The number of aliphatic hydroxyl groups is 1. The molecule has 4 bridgehead atoms. The molecule has 0 radical (unpaired) electrons. The first kappa shape index (κ1) is 30.2. The Morgan fingerprint density at radius 2 is 1.78 bits per heavy atom. The molecule has 246 valence electrons. The molecule has 46 heavy (non-hydrogen) atoms. The third-order valence-electron chi connectivity index (χ3n) is 8.28. The minimum atomic E-state index is -5.02. The summed E-state index contributed by atoms with van der Waals surface area (Å²) in [4.78, 5) is 46.7. The van der Waals surface area contributed by atoms with E-state index in [1.54, 1.807) is 6.92 Å².